The van der Waals surface area contributed by atoms with E-state index in [1.54, 1.807) is 0 Å². The second-order valence-corrected chi connectivity index (χ2v) is 3.30. The highest BCUT2D eigenvalue weighted by molar-refractivity contribution is 6.04. The number of piperazine rings is 1. The normalized spacial score (nSPS) is 25.1. The van der Waals surface area contributed by atoms with E-state index in [2.05, 4.69) is 17.2 Å². The maximum Gasteiger partial charge on any atom is 0.267 e. The molecule has 0 spiro atoms. The molecule has 0 aromatic heterocycles. The number of rotatable bonds is 2. The van der Waals surface area contributed by atoms with E-state index < -0.39 is 6.04 Å². The first-order valence-corrected chi connectivity index (χ1v) is 4.37. The van der Waals surface area contributed by atoms with Crippen molar-refractivity contribution in [1.29, 1.82) is 0 Å². The molecule has 13 heavy (non-hydrogen) atoms. The van der Waals surface area contributed by atoms with Gasteiger partial charge in [0.2, 0.25) is 5.91 Å². The highest BCUT2D eigenvalue weighted by Gasteiger charge is 2.31. The predicted molar refractivity (Wildman–Crippen MR) is 48.7 cm³/mol. The number of nitrogens with one attached hydrogen (secondary N) is 2. The number of hydrogen-bond acceptors (Lipinski definition) is 2. The maximum absolute atomic E-state index is 11.4. The van der Waals surface area contributed by atoms with Gasteiger partial charge in [-0.1, -0.05) is 26.8 Å². The Morgan fingerprint density at radius 2 is 2.15 bits per heavy atom. The molecular weight excluding hydrogens is 168 g/mol. The van der Waals surface area contributed by atoms with Crippen LogP contribution in [0.15, 0.2) is 12.3 Å². The molecule has 0 aromatic carbocycles. The van der Waals surface area contributed by atoms with E-state index in [9.17, 15) is 9.59 Å². The molecule has 1 saturated heterocycles. The Hall–Kier alpha value is -1.32. The summed E-state index contributed by atoms with van der Waals surface area (Å²) in [5.41, 5.74) is 0.129. The van der Waals surface area contributed by atoms with Gasteiger partial charge in [0.15, 0.2) is 0 Å². The number of hydrogen-bond donors (Lipinski definition) is 2. The van der Waals surface area contributed by atoms with Crippen molar-refractivity contribution in [3.05, 3.63) is 12.3 Å². The molecule has 2 amide bonds. The second-order valence-electron chi connectivity index (χ2n) is 3.30. The van der Waals surface area contributed by atoms with Crippen LogP contribution in [0.2, 0.25) is 0 Å². The molecule has 0 saturated carbocycles. The van der Waals surface area contributed by atoms with E-state index in [-0.39, 0.29) is 23.4 Å². The van der Waals surface area contributed by atoms with Crippen molar-refractivity contribution < 1.29 is 9.59 Å². The molecule has 2 N–H and O–H groups in total. The van der Waals surface area contributed by atoms with Crippen LogP contribution in [0, 0.1) is 5.92 Å². The zero-order chi connectivity index (χ0) is 10.0. The Morgan fingerprint density at radius 1 is 1.54 bits per heavy atom. The van der Waals surface area contributed by atoms with Gasteiger partial charge in [-0.3, -0.25) is 9.59 Å². The summed E-state index contributed by atoms with van der Waals surface area (Å²) in [7, 11) is 0. The lowest BCUT2D eigenvalue weighted by atomic mass is 9.97. The van der Waals surface area contributed by atoms with Gasteiger partial charge < -0.3 is 10.6 Å². The van der Waals surface area contributed by atoms with Crippen LogP contribution < -0.4 is 10.6 Å². The van der Waals surface area contributed by atoms with Crippen LogP contribution >= 0.6 is 0 Å². The van der Waals surface area contributed by atoms with Crippen molar-refractivity contribution in [3.63, 3.8) is 0 Å². The molecule has 1 heterocycles. The molecule has 0 aliphatic carbocycles. The molecule has 0 radical (unpaired) electrons. The van der Waals surface area contributed by atoms with Gasteiger partial charge in [-0.25, -0.2) is 0 Å². The predicted octanol–water partition coefficient (Wildman–Crippen LogP) is 0.161. The Balaban J connectivity index is 2.72. The minimum Gasteiger partial charge on any atom is -0.339 e. The van der Waals surface area contributed by atoms with Gasteiger partial charge in [-0.15, -0.1) is 0 Å². The molecule has 1 rings (SSSR count). The van der Waals surface area contributed by atoms with E-state index in [4.69, 9.17) is 0 Å². The Kier molecular flexibility index (Phi) is 2.70. The van der Waals surface area contributed by atoms with Crippen LogP contribution in [0.1, 0.15) is 20.3 Å². The van der Waals surface area contributed by atoms with Crippen molar-refractivity contribution in [3.8, 4) is 0 Å². The van der Waals surface area contributed by atoms with Gasteiger partial charge >= 0.3 is 0 Å². The number of carbonyl (C=O) groups is 2. The van der Waals surface area contributed by atoms with Crippen LogP contribution in [0.3, 0.4) is 0 Å². The van der Waals surface area contributed by atoms with Crippen molar-refractivity contribution in [2.24, 2.45) is 5.92 Å². The number of amides is 2. The zero-order valence-corrected chi connectivity index (χ0v) is 7.89. The molecule has 4 nitrogen and oxygen atoms in total. The third-order valence-corrected chi connectivity index (χ3v) is 2.33. The van der Waals surface area contributed by atoms with Crippen LogP contribution in [-0.4, -0.2) is 17.9 Å². The minimum atomic E-state index is -0.414. The average Bonchev–Trinajstić information content (AvgIpc) is 2.10. The molecule has 2 atom stereocenters. The summed E-state index contributed by atoms with van der Waals surface area (Å²) in [6.07, 6.45) is 0.852. The van der Waals surface area contributed by atoms with E-state index in [1.807, 2.05) is 13.8 Å². The standard InChI is InChI=1S/C9H14N2O2/c1-4-5(2)7-9(13)10-6(3)8(12)11-7/h5,7H,3-4H2,1-2H3,(H,10,13)(H,11,12). The van der Waals surface area contributed by atoms with Gasteiger partial charge in [0.1, 0.15) is 6.04 Å². The largest absolute Gasteiger partial charge is 0.339 e. The molecule has 1 aliphatic rings. The van der Waals surface area contributed by atoms with Crippen LogP contribution in [-0.2, 0) is 9.59 Å². The summed E-state index contributed by atoms with van der Waals surface area (Å²) in [4.78, 5) is 22.5. The summed E-state index contributed by atoms with van der Waals surface area (Å²) < 4.78 is 0. The first-order chi connectivity index (χ1) is 6.06. The molecule has 1 aliphatic heterocycles. The fourth-order valence-electron chi connectivity index (χ4n) is 1.21. The molecule has 0 aromatic rings. The van der Waals surface area contributed by atoms with Gasteiger partial charge in [0.25, 0.3) is 5.91 Å². The smallest absolute Gasteiger partial charge is 0.267 e. The van der Waals surface area contributed by atoms with Crippen molar-refractivity contribution in [2.75, 3.05) is 0 Å². The summed E-state index contributed by atoms with van der Waals surface area (Å²) in [6.45, 7) is 7.33. The van der Waals surface area contributed by atoms with Crippen molar-refractivity contribution in [1.82, 2.24) is 10.6 Å². The topological polar surface area (TPSA) is 58.2 Å². The summed E-state index contributed by atoms with van der Waals surface area (Å²) in [5, 5.41) is 5.06. The maximum atomic E-state index is 11.4. The number of carbonyl (C=O) groups excluding carboxylic acids is 2. The van der Waals surface area contributed by atoms with E-state index in [0.717, 1.165) is 6.42 Å². The van der Waals surface area contributed by atoms with Crippen molar-refractivity contribution >= 4 is 11.8 Å². The van der Waals surface area contributed by atoms with Gasteiger partial charge in [-0.05, 0) is 5.92 Å². The minimum absolute atomic E-state index is 0.129. The van der Waals surface area contributed by atoms with Gasteiger partial charge in [-0.2, -0.15) is 0 Å². The lowest BCUT2D eigenvalue weighted by molar-refractivity contribution is -0.132. The highest BCUT2D eigenvalue weighted by atomic mass is 16.2. The first-order valence-electron chi connectivity index (χ1n) is 4.37. The monoisotopic (exact) mass is 182 g/mol. The fourth-order valence-corrected chi connectivity index (χ4v) is 1.21. The van der Waals surface area contributed by atoms with E-state index in [1.165, 1.54) is 0 Å². The molecule has 72 valence electrons. The molecule has 4 heteroatoms. The molecule has 1 fully saturated rings. The Morgan fingerprint density at radius 3 is 2.69 bits per heavy atom. The summed E-state index contributed by atoms with van der Waals surface area (Å²) >= 11 is 0. The Bertz CT molecular complexity index is 260. The van der Waals surface area contributed by atoms with E-state index >= 15 is 0 Å². The lowest BCUT2D eigenvalue weighted by Gasteiger charge is -2.28. The first kappa shape index (κ1) is 9.77. The summed E-state index contributed by atoms with van der Waals surface area (Å²) in [5.74, 6) is -0.305. The fraction of sp³-hybridized carbons (Fsp3) is 0.556. The second kappa shape index (κ2) is 3.60. The molecule has 2 unspecified atom stereocenters. The van der Waals surface area contributed by atoms with Crippen LogP contribution in [0.4, 0.5) is 0 Å². The third-order valence-electron chi connectivity index (χ3n) is 2.33. The SMILES string of the molecule is C=C1NC(=O)C(C(C)CC)NC1=O. The zero-order valence-electron chi connectivity index (χ0n) is 7.89. The van der Waals surface area contributed by atoms with Crippen molar-refractivity contribution in [2.45, 2.75) is 26.3 Å². The van der Waals surface area contributed by atoms with Gasteiger partial charge in [0.05, 0.1) is 5.70 Å². The summed E-state index contributed by atoms with van der Waals surface area (Å²) in [6, 6.07) is -0.414. The third kappa shape index (κ3) is 1.88. The Labute approximate surface area is 77.4 Å². The lowest BCUT2D eigenvalue weighted by Crippen LogP contribution is -2.56. The molecule has 0 bridgehead atoms. The van der Waals surface area contributed by atoms with Crippen LogP contribution in [0.5, 0.6) is 0 Å². The highest BCUT2D eigenvalue weighted by Crippen LogP contribution is 2.11. The van der Waals surface area contributed by atoms with Crippen LogP contribution in [0.25, 0.3) is 0 Å². The quantitative estimate of drug-likeness (QED) is 0.598. The molecular formula is C9H14N2O2. The van der Waals surface area contributed by atoms with E-state index in [0.29, 0.717) is 0 Å². The van der Waals surface area contributed by atoms with Gasteiger partial charge in [0, 0.05) is 0 Å². The average molecular weight is 182 g/mol.